The molecule has 0 bridgehead atoms. The molecule has 3 nitrogen and oxygen atoms in total. The molecule has 0 radical (unpaired) electrons. The molecule has 1 amide bonds. The Labute approximate surface area is 113 Å². The van der Waals surface area contributed by atoms with Crippen LogP contribution >= 0.6 is 11.6 Å². The van der Waals surface area contributed by atoms with Gasteiger partial charge >= 0.3 is 0 Å². The van der Waals surface area contributed by atoms with Crippen LogP contribution in [-0.2, 0) is 0 Å². The van der Waals surface area contributed by atoms with Gasteiger partial charge in [-0.15, -0.1) is 0 Å². The Morgan fingerprint density at radius 2 is 2.39 bits per heavy atom. The van der Waals surface area contributed by atoms with Crippen LogP contribution in [-0.4, -0.2) is 28.9 Å². The van der Waals surface area contributed by atoms with E-state index in [1.807, 2.05) is 11.8 Å². The van der Waals surface area contributed by atoms with Gasteiger partial charge in [-0.3, -0.25) is 9.78 Å². The summed E-state index contributed by atoms with van der Waals surface area (Å²) in [4.78, 5) is 18.4. The van der Waals surface area contributed by atoms with Crippen LogP contribution in [0, 0.1) is 12.8 Å². The van der Waals surface area contributed by atoms with Gasteiger partial charge in [0.15, 0.2) is 0 Å². The molecule has 0 spiro atoms. The summed E-state index contributed by atoms with van der Waals surface area (Å²) in [6.07, 6.45) is 5.08. The van der Waals surface area contributed by atoms with Crippen molar-refractivity contribution in [2.75, 3.05) is 13.1 Å². The van der Waals surface area contributed by atoms with E-state index in [1.54, 1.807) is 12.3 Å². The highest BCUT2D eigenvalue weighted by Gasteiger charge is 2.27. The maximum Gasteiger partial charge on any atom is 0.256 e. The number of amides is 1. The first-order valence-corrected chi connectivity index (χ1v) is 6.91. The van der Waals surface area contributed by atoms with Crippen molar-refractivity contribution in [3.63, 3.8) is 0 Å². The Hall–Kier alpha value is -1.09. The van der Waals surface area contributed by atoms with Crippen LogP contribution in [0.25, 0.3) is 0 Å². The minimum atomic E-state index is 0.0195. The van der Waals surface area contributed by atoms with E-state index in [-0.39, 0.29) is 5.91 Å². The highest BCUT2D eigenvalue weighted by atomic mass is 35.5. The van der Waals surface area contributed by atoms with E-state index < -0.39 is 0 Å². The van der Waals surface area contributed by atoms with E-state index in [0.717, 1.165) is 25.2 Å². The second-order valence-corrected chi connectivity index (χ2v) is 5.41. The van der Waals surface area contributed by atoms with E-state index in [2.05, 4.69) is 11.9 Å². The van der Waals surface area contributed by atoms with Crippen molar-refractivity contribution in [3.8, 4) is 0 Å². The number of pyridine rings is 1. The number of halogens is 1. The highest BCUT2D eigenvalue weighted by Crippen LogP contribution is 2.24. The molecule has 0 aromatic carbocycles. The molecule has 1 fully saturated rings. The number of aromatic nitrogens is 1. The Morgan fingerprint density at radius 1 is 1.61 bits per heavy atom. The number of likely N-dealkylation sites (tertiary alicyclic amines) is 1. The third-order valence-electron chi connectivity index (χ3n) is 3.49. The largest absolute Gasteiger partial charge is 0.338 e. The molecule has 18 heavy (non-hydrogen) atoms. The van der Waals surface area contributed by atoms with E-state index in [9.17, 15) is 4.79 Å². The Kier molecular flexibility index (Phi) is 4.23. The molecule has 0 saturated carbocycles. The Balaban J connectivity index is 2.08. The predicted octanol–water partition coefficient (Wildman–Crippen LogP) is 3.31. The van der Waals surface area contributed by atoms with Gasteiger partial charge < -0.3 is 4.90 Å². The summed E-state index contributed by atoms with van der Waals surface area (Å²) in [7, 11) is 0. The summed E-state index contributed by atoms with van der Waals surface area (Å²) in [6.45, 7) is 5.75. The summed E-state index contributed by atoms with van der Waals surface area (Å²) in [5.41, 5.74) is 1.36. The van der Waals surface area contributed by atoms with Gasteiger partial charge in [0, 0.05) is 25.0 Å². The lowest BCUT2D eigenvalue weighted by Gasteiger charge is -2.17. The van der Waals surface area contributed by atoms with Gasteiger partial charge in [0.25, 0.3) is 5.91 Å². The van der Waals surface area contributed by atoms with Crippen molar-refractivity contribution in [2.24, 2.45) is 5.92 Å². The van der Waals surface area contributed by atoms with Gasteiger partial charge in [0.1, 0.15) is 0 Å². The zero-order chi connectivity index (χ0) is 13.1. The lowest BCUT2D eigenvalue weighted by Crippen LogP contribution is -2.29. The number of aryl methyl sites for hydroxylation is 1. The van der Waals surface area contributed by atoms with Crippen molar-refractivity contribution in [3.05, 3.63) is 28.5 Å². The molecule has 98 valence electrons. The molecule has 1 unspecified atom stereocenters. The first-order valence-electron chi connectivity index (χ1n) is 6.53. The number of rotatable bonds is 3. The van der Waals surface area contributed by atoms with Crippen LogP contribution in [0.2, 0.25) is 5.02 Å². The minimum absolute atomic E-state index is 0.0195. The summed E-state index contributed by atoms with van der Waals surface area (Å²) < 4.78 is 0. The third kappa shape index (κ3) is 2.83. The van der Waals surface area contributed by atoms with Crippen LogP contribution < -0.4 is 0 Å². The topological polar surface area (TPSA) is 33.2 Å². The quantitative estimate of drug-likeness (QED) is 0.841. The molecule has 1 aliphatic rings. The first kappa shape index (κ1) is 13.3. The smallest absolute Gasteiger partial charge is 0.256 e. The molecule has 1 saturated heterocycles. The first-order chi connectivity index (χ1) is 8.61. The monoisotopic (exact) mass is 266 g/mol. The fourth-order valence-electron chi connectivity index (χ4n) is 2.52. The Morgan fingerprint density at radius 3 is 3.06 bits per heavy atom. The van der Waals surface area contributed by atoms with Gasteiger partial charge in [-0.1, -0.05) is 24.9 Å². The van der Waals surface area contributed by atoms with Crippen molar-refractivity contribution in [2.45, 2.75) is 33.1 Å². The second-order valence-electron chi connectivity index (χ2n) is 5.00. The number of hydrogen-bond acceptors (Lipinski definition) is 2. The Bertz CT molecular complexity index is 447. The molecule has 1 aliphatic heterocycles. The number of carbonyl (C=O) groups excluding carboxylic acids is 1. The van der Waals surface area contributed by atoms with E-state index in [4.69, 9.17) is 11.6 Å². The maximum absolute atomic E-state index is 12.3. The van der Waals surface area contributed by atoms with Gasteiger partial charge in [-0.05, 0) is 31.7 Å². The fourth-order valence-corrected chi connectivity index (χ4v) is 2.80. The van der Waals surface area contributed by atoms with Gasteiger partial charge in [0.05, 0.1) is 10.6 Å². The minimum Gasteiger partial charge on any atom is -0.338 e. The zero-order valence-electron chi connectivity index (χ0n) is 10.9. The van der Waals surface area contributed by atoms with Crippen LogP contribution in [0.4, 0.5) is 0 Å². The summed E-state index contributed by atoms with van der Waals surface area (Å²) in [5, 5.41) is 0.506. The van der Waals surface area contributed by atoms with E-state index in [1.165, 1.54) is 12.8 Å². The molecule has 1 aromatic heterocycles. The van der Waals surface area contributed by atoms with Gasteiger partial charge in [-0.2, -0.15) is 0 Å². The lowest BCUT2D eigenvalue weighted by molar-refractivity contribution is 0.0786. The van der Waals surface area contributed by atoms with Crippen molar-refractivity contribution < 1.29 is 4.79 Å². The van der Waals surface area contributed by atoms with Gasteiger partial charge in [-0.25, -0.2) is 0 Å². The number of nitrogens with zero attached hydrogens (tertiary/aromatic N) is 2. The molecular weight excluding hydrogens is 248 g/mol. The van der Waals surface area contributed by atoms with Crippen LogP contribution in [0.5, 0.6) is 0 Å². The predicted molar refractivity (Wildman–Crippen MR) is 72.9 cm³/mol. The SMILES string of the molecule is CCCC1CCN(C(=O)c2cnc(C)cc2Cl)C1. The average molecular weight is 267 g/mol. The molecule has 1 aromatic rings. The number of carbonyl (C=O) groups is 1. The van der Waals surface area contributed by atoms with Crippen molar-refractivity contribution in [1.82, 2.24) is 9.88 Å². The molecule has 1 atom stereocenters. The second kappa shape index (κ2) is 5.70. The average Bonchev–Trinajstić information content (AvgIpc) is 2.77. The molecular formula is C14H19ClN2O. The highest BCUT2D eigenvalue weighted by molar-refractivity contribution is 6.33. The molecule has 2 rings (SSSR count). The van der Waals surface area contributed by atoms with Gasteiger partial charge in [0.2, 0.25) is 0 Å². The molecule has 4 heteroatoms. The standard InChI is InChI=1S/C14H19ClN2O/c1-3-4-11-5-6-17(9-11)14(18)12-8-16-10(2)7-13(12)15/h7-8,11H,3-6,9H2,1-2H3. The number of hydrogen-bond donors (Lipinski definition) is 0. The van der Waals surface area contributed by atoms with E-state index >= 15 is 0 Å². The lowest BCUT2D eigenvalue weighted by atomic mass is 10.0. The molecule has 0 aliphatic carbocycles. The maximum atomic E-state index is 12.3. The molecule has 2 heterocycles. The van der Waals surface area contributed by atoms with Crippen LogP contribution in [0.1, 0.15) is 42.2 Å². The summed E-state index contributed by atoms with van der Waals surface area (Å²) in [5.74, 6) is 0.669. The van der Waals surface area contributed by atoms with Crippen molar-refractivity contribution >= 4 is 17.5 Å². The van der Waals surface area contributed by atoms with E-state index in [0.29, 0.717) is 16.5 Å². The molecule has 0 N–H and O–H groups in total. The van der Waals surface area contributed by atoms with Crippen LogP contribution in [0.15, 0.2) is 12.3 Å². The van der Waals surface area contributed by atoms with Crippen molar-refractivity contribution in [1.29, 1.82) is 0 Å². The third-order valence-corrected chi connectivity index (χ3v) is 3.80. The normalized spacial score (nSPS) is 19.3. The fraction of sp³-hybridized carbons (Fsp3) is 0.571. The van der Waals surface area contributed by atoms with Crippen LogP contribution in [0.3, 0.4) is 0 Å². The summed E-state index contributed by atoms with van der Waals surface area (Å²) >= 11 is 6.11. The summed E-state index contributed by atoms with van der Waals surface area (Å²) in [6, 6.07) is 1.74. The zero-order valence-corrected chi connectivity index (χ0v) is 11.7.